The van der Waals surface area contributed by atoms with E-state index in [1.54, 1.807) is 55.6 Å². The second-order valence-electron chi connectivity index (χ2n) is 6.30. The fourth-order valence-corrected chi connectivity index (χ4v) is 2.79. The Morgan fingerprint density at radius 1 is 0.750 bits per heavy atom. The van der Waals surface area contributed by atoms with Crippen molar-refractivity contribution in [3.63, 3.8) is 0 Å². The van der Waals surface area contributed by atoms with Gasteiger partial charge in [0.2, 0.25) is 0 Å². The highest BCUT2D eigenvalue weighted by Crippen LogP contribution is 2.34. The Kier molecular flexibility index (Phi) is 5.31. The van der Waals surface area contributed by atoms with Gasteiger partial charge in [0.05, 0.1) is 11.4 Å². The predicted octanol–water partition coefficient (Wildman–Crippen LogP) is 4.26. The van der Waals surface area contributed by atoms with Gasteiger partial charge in [0.25, 0.3) is 5.91 Å². The van der Waals surface area contributed by atoms with Crippen LogP contribution in [0.5, 0.6) is 11.5 Å². The van der Waals surface area contributed by atoms with Gasteiger partial charge < -0.3 is 20.8 Å². The van der Waals surface area contributed by atoms with Crippen LogP contribution < -0.4 is 10.6 Å². The number of hydrogen-bond donors (Lipinski definition) is 4. The van der Waals surface area contributed by atoms with Gasteiger partial charge in [-0.05, 0) is 54.4 Å². The van der Waals surface area contributed by atoms with Crippen LogP contribution in [-0.2, 0) is 0 Å². The Balaban J connectivity index is 1.79. The molecule has 4 N–H and O–H groups in total. The Bertz CT molecular complexity index is 1040. The maximum Gasteiger partial charge on any atom is 0.255 e. The number of phenolic OH excluding ortho intramolecular Hbond substituents is 2. The third-order valence-corrected chi connectivity index (χ3v) is 4.40. The van der Waals surface area contributed by atoms with E-state index in [9.17, 15) is 19.8 Å². The predicted molar refractivity (Wildman–Crippen MR) is 109 cm³/mol. The molecule has 0 aliphatic rings. The average molecular weight is 376 g/mol. The third kappa shape index (κ3) is 3.96. The number of ketones is 1. The molecular formula is C22H20N2O4. The third-order valence-electron chi connectivity index (χ3n) is 4.40. The number of carbonyl (C=O) groups is 2. The van der Waals surface area contributed by atoms with Crippen LogP contribution in [-0.4, -0.2) is 29.0 Å². The van der Waals surface area contributed by atoms with Crippen LogP contribution in [0.25, 0.3) is 11.1 Å². The molecule has 0 unspecified atom stereocenters. The second kappa shape index (κ2) is 7.84. The van der Waals surface area contributed by atoms with Crippen molar-refractivity contribution in [2.45, 2.75) is 6.92 Å². The van der Waals surface area contributed by atoms with E-state index >= 15 is 0 Å². The molecule has 0 atom stereocenters. The summed E-state index contributed by atoms with van der Waals surface area (Å²) in [6, 6.07) is 16.3. The number of anilines is 2. The van der Waals surface area contributed by atoms with Crippen molar-refractivity contribution in [2.75, 3.05) is 17.7 Å². The Hall–Kier alpha value is -3.80. The zero-order chi connectivity index (χ0) is 20.3. The topological polar surface area (TPSA) is 98.7 Å². The summed E-state index contributed by atoms with van der Waals surface area (Å²) in [6.45, 7) is 1.46. The van der Waals surface area contributed by atoms with Gasteiger partial charge in [0.15, 0.2) is 5.78 Å². The van der Waals surface area contributed by atoms with E-state index < -0.39 is 5.91 Å². The summed E-state index contributed by atoms with van der Waals surface area (Å²) in [6.07, 6.45) is 0. The maximum atomic E-state index is 12.4. The Labute approximate surface area is 162 Å². The summed E-state index contributed by atoms with van der Waals surface area (Å²) in [4.78, 5) is 23.7. The number of benzene rings is 3. The lowest BCUT2D eigenvalue weighted by Gasteiger charge is -2.11. The minimum absolute atomic E-state index is 0.0750. The first-order valence-corrected chi connectivity index (χ1v) is 8.65. The van der Waals surface area contributed by atoms with Gasteiger partial charge in [-0.25, -0.2) is 0 Å². The van der Waals surface area contributed by atoms with Crippen molar-refractivity contribution in [3.05, 3.63) is 71.8 Å². The molecule has 0 radical (unpaired) electrons. The highest BCUT2D eigenvalue weighted by Gasteiger charge is 2.11. The summed E-state index contributed by atoms with van der Waals surface area (Å²) in [5.41, 5.74) is 3.19. The van der Waals surface area contributed by atoms with Crippen molar-refractivity contribution in [2.24, 2.45) is 0 Å². The molecule has 0 saturated carbocycles. The molecule has 142 valence electrons. The van der Waals surface area contributed by atoms with E-state index in [1.807, 2.05) is 6.07 Å². The van der Waals surface area contributed by atoms with Gasteiger partial charge in [-0.15, -0.1) is 0 Å². The number of aromatic hydroxyl groups is 2. The number of rotatable bonds is 5. The molecule has 6 heteroatoms. The van der Waals surface area contributed by atoms with Crippen LogP contribution in [0.2, 0.25) is 0 Å². The van der Waals surface area contributed by atoms with Crippen LogP contribution in [0.1, 0.15) is 27.6 Å². The Morgan fingerprint density at radius 3 is 1.71 bits per heavy atom. The number of phenols is 2. The van der Waals surface area contributed by atoms with E-state index in [2.05, 4.69) is 10.6 Å². The molecule has 0 bridgehead atoms. The lowest BCUT2D eigenvalue weighted by molar-refractivity contribution is 0.100. The van der Waals surface area contributed by atoms with Crippen molar-refractivity contribution in [1.82, 2.24) is 0 Å². The molecule has 0 aliphatic carbocycles. The van der Waals surface area contributed by atoms with Crippen molar-refractivity contribution in [1.29, 1.82) is 0 Å². The number of Topliss-reactive ketones (excluding diaryl/α,β-unsaturated/α-hetero) is 1. The Morgan fingerprint density at radius 2 is 1.25 bits per heavy atom. The summed E-state index contributed by atoms with van der Waals surface area (Å²) in [5.74, 6) is -0.461. The summed E-state index contributed by atoms with van der Waals surface area (Å²) >= 11 is 0. The highest BCUT2D eigenvalue weighted by molar-refractivity contribution is 6.05. The van der Waals surface area contributed by atoms with Crippen LogP contribution >= 0.6 is 0 Å². The fourth-order valence-electron chi connectivity index (χ4n) is 2.79. The number of amides is 1. The number of carbonyl (C=O) groups excluding carboxylic acids is 2. The first-order chi connectivity index (χ1) is 13.4. The molecule has 3 rings (SSSR count). The van der Waals surface area contributed by atoms with Crippen LogP contribution in [0.15, 0.2) is 60.7 Å². The van der Waals surface area contributed by atoms with E-state index in [4.69, 9.17) is 0 Å². The van der Waals surface area contributed by atoms with Gasteiger partial charge in [-0.1, -0.05) is 24.3 Å². The molecule has 0 spiro atoms. The lowest BCUT2D eigenvalue weighted by atomic mass is 10.0. The smallest absolute Gasteiger partial charge is 0.255 e. The quantitative estimate of drug-likeness (QED) is 0.394. The SMILES string of the molecule is CNc1ccc(-c2ccc(NC(=O)c3ccc(C(C)=O)cc3)c(O)c2)cc1O. The standard InChI is InChI=1S/C22H20N2O4/c1-13(25)14-3-5-15(6-4-14)22(28)24-19-10-8-17(12-21(19)27)16-7-9-18(23-2)20(26)11-16/h3-12,23,26-27H,1-2H3,(H,24,28). The molecule has 0 aromatic heterocycles. The number of nitrogens with one attached hydrogen (secondary N) is 2. The van der Waals surface area contributed by atoms with Crippen molar-refractivity contribution < 1.29 is 19.8 Å². The van der Waals surface area contributed by atoms with Crippen molar-refractivity contribution >= 4 is 23.1 Å². The summed E-state index contributed by atoms with van der Waals surface area (Å²) < 4.78 is 0. The van der Waals surface area contributed by atoms with Crippen LogP contribution in [0.3, 0.4) is 0 Å². The monoisotopic (exact) mass is 376 g/mol. The molecular weight excluding hydrogens is 356 g/mol. The second-order valence-corrected chi connectivity index (χ2v) is 6.30. The van der Waals surface area contributed by atoms with E-state index in [0.29, 0.717) is 22.4 Å². The van der Waals surface area contributed by atoms with E-state index in [1.165, 1.54) is 13.0 Å². The molecule has 3 aromatic rings. The van der Waals surface area contributed by atoms with Crippen molar-refractivity contribution in [3.8, 4) is 22.6 Å². The molecule has 0 saturated heterocycles. The summed E-state index contributed by atoms with van der Waals surface area (Å²) in [7, 11) is 1.71. The summed E-state index contributed by atoms with van der Waals surface area (Å²) in [5, 5.41) is 25.8. The fraction of sp³-hybridized carbons (Fsp3) is 0.0909. The molecule has 0 heterocycles. The lowest BCUT2D eigenvalue weighted by Crippen LogP contribution is -2.12. The molecule has 0 fully saturated rings. The van der Waals surface area contributed by atoms with Gasteiger partial charge >= 0.3 is 0 Å². The van der Waals surface area contributed by atoms with Gasteiger partial charge in [-0.3, -0.25) is 9.59 Å². The first-order valence-electron chi connectivity index (χ1n) is 8.65. The van der Waals surface area contributed by atoms with Gasteiger partial charge in [0, 0.05) is 18.2 Å². The highest BCUT2D eigenvalue weighted by atomic mass is 16.3. The van der Waals surface area contributed by atoms with E-state index in [0.717, 1.165) is 5.56 Å². The van der Waals surface area contributed by atoms with Gasteiger partial charge in [0.1, 0.15) is 11.5 Å². The molecule has 6 nitrogen and oxygen atoms in total. The molecule has 28 heavy (non-hydrogen) atoms. The van der Waals surface area contributed by atoms with Crippen LogP contribution in [0, 0.1) is 0 Å². The zero-order valence-corrected chi connectivity index (χ0v) is 15.5. The molecule has 0 aliphatic heterocycles. The minimum atomic E-state index is -0.394. The van der Waals surface area contributed by atoms with Gasteiger partial charge in [-0.2, -0.15) is 0 Å². The zero-order valence-electron chi connectivity index (χ0n) is 15.5. The minimum Gasteiger partial charge on any atom is -0.506 e. The normalized spacial score (nSPS) is 10.4. The largest absolute Gasteiger partial charge is 0.506 e. The molecule has 3 aromatic carbocycles. The average Bonchev–Trinajstić information content (AvgIpc) is 2.69. The number of hydrogen-bond acceptors (Lipinski definition) is 5. The van der Waals surface area contributed by atoms with Crippen LogP contribution in [0.4, 0.5) is 11.4 Å². The van der Waals surface area contributed by atoms with E-state index in [-0.39, 0.29) is 23.0 Å². The first kappa shape index (κ1) is 19.0. The maximum absolute atomic E-state index is 12.4. The molecule has 1 amide bonds.